The molecule has 0 fully saturated rings. The molecule has 0 aliphatic heterocycles. The van der Waals surface area contributed by atoms with Gasteiger partial charge in [0.15, 0.2) is 0 Å². The second-order valence-corrected chi connectivity index (χ2v) is 3.66. The smallest absolute Gasteiger partial charge is 0.138 e. The minimum Gasteiger partial charge on any atom is -0.397 e. The highest BCUT2D eigenvalue weighted by atomic mass is 35.5. The summed E-state index contributed by atoms with van der Waals surface area (Å²) in [4.78, 5) is 0.593. The minimum absolute atomic E-state index is 0.375. The van der Waals surface area contributed by atoms with Crippen molar-refractivity contribution < 1.29 is 0 Å². The molecule has 1 rings (SSSR count). The molecule has 0 atom stereocenters. The van der Waals surface area contributed by atoms with Crippen LogP contribution in [0.4, 0.5) is 5.69 Å². The molecule has 0 spiro atoms. The molecule has 0 heterocycles. The number of halogens is 2. The first-order chi connectivity index (χ1) is 5.65. The maximum atomic E-state index is 8.40. The summed E-state index contributed by atoms with van der Waals surface area (Å²) in [6.07, 6.45) is 0. The summed E-state index contributed by atoms with van der Waals surface area (Å²) >= 11 is 12.4. The summed E-state index contributed by atoms with van der Waals surface area (Å²) < 4.78 is 0. The molecule has 0 bridgehead atoms. The molecule has 62 valence electrons. The summed E-state index contributed by atoms with van der Waals surface area (Å²) in [6, 6.07) is 3.15. The Hall–Kier alpha value is -0.560. The van der Waals surface area contributed by atoms with E-state index in [9.17, 15) is 0 Å². The predicted molar refractivity (Wildman–Crippen MR) is 52.3 cm³/mol. The standard InChI is InChI=1S/C7H4Cl2N2S/c8-4-1-5(9)7(11)6(2-4)12-3-10/h1-2H,11H2. The molecule has 0 amide bonds. The van der Waals surface area contributed by atoms with Crippen molar-refractivity contribution in [2.24, 2.45) is 0 Å². The number of nitrogens with zero attached hydrogens (tertiary/aromatic N) is 1. The summed E-state index contributed by atoms with van der Waals surface area (Å²) in [5.74, 6) is 0. The zero-order valence-electron chi connectivity index (χ0n) is 5.84. The first-order valence-electron chi connectivity index (χ1n) is 2.95. The van der Waals surface area contributed by atoms with Crippen molar-refractivity contribution in [2.45, 2.75) is 4.90 Å². The Kier molecular flexibility index (Phi) is 3.10. The predicted octanol–water partition coefficient (Wildman–Crippen LogP) is 3.15. The van der Waals surface area contributed by atoms with Crippen molar-refractivity contribution in [2.75, 3.05) is 5.73 Å². The van der Waals surface area contributed by atoms with Gasteiger partial charge in [0, 0.05) is 9.92 Å². The third-order valence-electron chi connectivity index (χ3n) is 1.21. The number of nitrogens with two attached hydrogens (primary N) is 1. The molecule has 2 nitrogen and oxygen atoms in total. The Morgan fingerprint density at radius 2 is 2.08 bits per heavy atom. The lowest BCUT2D eigenvalue weighted by Gasteiger charge is -2.02. The van der Waals surface area contributed by atoms with Gasteiger partial charge in [-0.05, 0) is 23.9 Å². The number of hydrogen-bond acceptors (Lipinski definition) is 3. The maximum Gasteiger partial charge on any atom is 0.138 e. The van der Waals surface area contributed by atoms with E-state index in [4.69, 9.17) is 34.2 Å². The largest absolute Gasteiger partial charge is 0.397 e. The Balaban J connectivity index is 3.20. The fourth-order valence-electron chi connectivity index (χ4n) is 0.695. The molecule has 0 radical (unpaired) electrons. The number of anilines is 1. The van der Waals surface area contributed by atoms with Crippen LogP contribution in [0.1, 0.15) is 0 Å². The minimum atomic E-state index is 0.375. The first-order valence-corrected chi connectivity index (χ1v) is 4.53. The number of nitrogen functional groups attached to an aromatic ring is 1. The van der Waals surface area contributed by atoms with Crippen LogP contribution in [0.15, 0.2) is 17.0 Å². The molecule has 0 saturated heterocycles. The molecule has 1 aromatic carbocycles. The monoisotopic (exact) mass is 218 g/mol. The Morgan fingerprint density at radius 3 is 2.67 bits per heavy atom. The summed E-state index contributed by atoms with van der Waals surface area (Å²) in [7, 11) is 0. The zero-order chi connectivity index (χ0) is 9.14. The molecule has 0 unspecified atom stereocenters. The third kappa shape index (κ3) is 1.98. The summed E-state index contributed by atoms with van der Waals surface area (Å²) in [5.41, 5.74) is 5.97. The number of thiocyanates is 1. The highest BCUT2D eigenvalue weighted by molar-refractivity contribution is 8.03. The van der Waals surface area contributed by atoms with E-state index in [1.165, 1.54) is 0 Å². The van der Waals surface area contributed by atoms with Crippen LogP contribution in [-0.2, 0) is 0 Å². The van der Waals surface area contributed by atoms with Gasteiger partial charge in [-0.25, -0.2) is 0 Å². The molecular weight excluding hydrogens is 215 g/mol. The Morgan fingerprint density at radius 1 is 1.42 bits per heavy atom. The Labute approximate surface area is 84.3 Å². The quantitative estimate of drug-likeness (QED) is 0.448. The van der Waals surface area contributed by atoms with Gasteiger partial charge in [-0.15, -0.1) is 0 Å². The third-order valence-corrected chi connectivity index (χ3v) is 2.39. The van der Waals surface area contributed by atoms with E-state index in [1.807, 2.05) is 5.40 Å². The van der Waals surface area contributed by atoms with E-state index in [-0.39, 0.29) is 0 Å². The molecule has 0 aliphatic carbocycles. The molecule has 1 aromatic rings. The highest BCUT2D eigenvalue weighted by Gasteiger charge is 2.05. The molecule has 0 aromatic heterocycles. The number of benzene rings is 1. The SMILES string of the molecule is N#CSc1cc(Cl)cc(Cl)c1N. The van der Waals surface area contributed by atoms with E-state index in [2.05, 4.69) is 0 Å². The molecule has 0 aliphatic rings. The van der Waals surface area contributed by atoms with E-state index in [0.29, 0.717) is 20.6 Å². The van der Waals surface area contributed by atoms with Gasteiger partial charge in [-0.3, -0.25) is 0 Å². The van der Waals surface area contributed by atoms with E-state index >= 15 is 0 Å². The van der Waals surface area contributed by atoms with Crippen LogP contribution in [0.5, 0.6) is 0 Å². The average molecular weight is 219 g/mol. The Bertz CT molecular complexity index is 346. The summed E-state index contributed by atoms with van der Waals surface area (Å²) in [6.45, 7) is 0. The molecular formula is C7H4Cl2N2S. The van der Waals surface area contributed by atoms with E-state index < -0.39 is 0 Å². The van der Waals surface area contributed by atoms with Crippen molar-refractivity contribution >= 4 is 40.7 Å². The second-order valence-electron chi connectivity index (χ2n) is 1.99. The van der Waals surface area contributed by atoms with Crippen LogP contribution >= 0.6 is 35.0 Å². The van der Waals surface area contributed by atoms with Crippen molar-refractivity contribution in [1.29, 1.82) is 5.26 Å². The normalized spacial score (nSPS) is 9.42. The van der Waals surface area contributed by atoms with E-state index in [1.54, 1.807) is 12.1 Å². The lowest BCUT2D eigenvalue weighted by atomic mass is 10.3. The van der Waals surface area contributed by atoms with Gasteiger partial charge >= 0.3 is 0 Å². The molecule has 2 N–H and O–H groups in total. The van der Waals surface area contributed by atoms with Gasteiger partial charge in [-0.2, -0.15) is 5.26 Å². The van der Waals surface area contributed by atoms with Gasteiger partial charge in [0.1, 0.15) is 5.40 Å². The van der Waals surface area contributed by atoms with Crippen LogP contribution in [0, 0.1) is 10.7 Å². The maximum absolute atomic E-state index is 8.40. The van der Waals surface area contributed by atoms with Gasteiger partial charge in [-0.1, -0.05) is 23.2 Å². The van der Waals surface area contributed by atoms with Crippen LogP contribution in [0.3, 0.4) is 0 Å². The fourth-order valence-corrected chi connectivity index (χ4v) is 1.81. The second kappa shape index (κ2) is 3.90. The van der Waals surface area contributed by atoms with Crippen LogP contribution in [0.25, 0.3) is 0 Å². The van der Waals surface area contributed by atoms with Crippen molar-refractivity contribution in [3.63, 3.8) is 0 Å². The topological polar surface area (TPSA) is 49.8 Å². The van der Waals surface area contributed by atoms with Crippen LogP contribution < -0.4 is 5.73 Å². The lowest BCUT2D eigenvalue weighted by molar-refractivity contribution is 1.46. The van der Waals surface area contributed by atoms with E-state index in [0.717, 1.165) is 11.8 Å². The van der Waals surface area contributed by atoms with Gasteiger partial charge in [0.25, 0.3) is 0 Å². The number of nitriles is 1. The summed E-state index contributed by atoms with van der Waals surface area (Å²) in [5, 5.41) is 11.1. The molecule has 12 heavy (non-hydrogen) atoms. The van der Waals surface area contributed by atoms with Gasteiger partial charge in [0.05, 0.1) is 10.7 Å². The van der Waals surface area contributed by atoms with Gasteiger partial charge < -0.3 is 5.73 Å². The van der Waals surface area contributed by atoms with Crippen molar-refractivity contribution in [1.82, 2.24) is 0 Å². The number of thioether (sulfide) groups is 1. The zero-order valence-corrected chi connectivity index (χ0v) is 8.17. The van der Waals surface area contributed by atoms with Crippen molar-refractivity contribution in [3.05, 3.63) is 22.2 Å². The molecule has 0 saturated carbocycles. The van der Waals surface area contributed by atoms with Crippen molar-refractivity contribution in [3.8, 4) is 5.40 Å². The number of rotatable bonds is 1. The lowest BCUT2D eigenvalue weighted by Crippen LogP contribution is -1.89. The number of hydrogen-bond donors (Lipinski definition) is 1. The highest BCUT2D eigenvalue weighted by Crippen LogP contribution is 2.33. The fraction of sp³-hybridized carbons (Fsp3) is 0. The van der Waals surface area contributed by atoms with Crippen LogP contribution in [0.2, 0.25) is 10.0 Å². The molecule has 5 heteroatoms. The first kappa shape index (κ1) is 9.53. The van der Waals surface area contributed by atoms with Crippen LogP contribution in [-0.4, -0.2) is 0 Å². The average Bonchev–Trinajstić information content (AvgIpc) is 2.00. The van der Waals surface area contributed by atoms with Gasteiger partial charge in [0.2, 0.25) is 0 Å².